The van der Waals surface area contributed by atoms with E-state index < -0.39 is 11.9 Å². The van der Waals surface area contributed by atoms with Crippen molar-refractivity contribution in [3.05, 3.63) is 91.9 Å². The summed E-state index contributed by atoms with van der Waals surface area (Å²) < 4.78 is 26.3. The normalized spacial score (nSPS) is 14.5. The molecular formula is C25H19ClFIN2O4. The van der Waals surface area contributed by atoms with Gasteiger partial charge in [-0.1, -0.05) is 29.8 Å². The number of imide groups is 1. The molecule has 4 rings (SSSR count). The second-order valence-electron chi connectivity index (χ2n) is 7.25. The lowest BCUT2D eigenvalue weighted by atomic mass is 10.1. The Morgan fingerprint density at radius 2 is 1.82 bits per heavy atom. The van der Waals surface area contributed by atoms with Gasteiger partial charge in [-0.3, -0.25) is 4.79 Å². The van der Waals surface area contributed by atoms with Gasteiger partial charge in [0.2, 0.25) is 0 Å². The van der Waals surface area contributed by atoms with Crippen molar-refractivity contribution in [3.8, 4) is 11.5 Å². The standard InChI is InChI=1S/C25H19ClFIN2O4/c1-2-33-22-13-15(11-20(28)23(22)34-14-16-5-3-4-6-19(16)27)12-21-24(31)30(25(32)29-21)18-9-7-17(26)8-10-18/h3-13H,2,14H2,1H3,(H,29,32)/b21-12+. The summed E-state index contributed by atoms with van der Waals surface area (Å²) in [5.41, 5.74) is 1.59. The SMILES string of the molecule is CCOc1cc(/C=C2/NC(=O)N(c3ccc(Cl)cc3)C2=O)cc(I)c1OCc1ccccc1F. The number of nitrogens with one attached hydrogen (secondary N) is 1. The Balaban J connectivity index is 1.60. The fourth-order valence-electron chi connectivity index (χ4n) is 3.37. The fourth-order valence-corrected chi connectivity index (χ4v) is 4.27. The van der Waals surface area contributed by atoms with Crippen molar-refractivity contribution in [2.24, 2.45) is 0 Å². The summed E-state index contributed by atoms with van der Waals surface area (Å²) >= 11 is 8.00. The van der Waals surface area contributed by atoms with Crippen LogP contribution in [0.1, 0.15) is 18.1 Å². The highest BCUT2D eigenvalue weighted by Gasteiger charge is 2.34. The first-order chi connectivity index (χ1) is 16.4. The molecule has 0 atom stereocenters. The average Bonchev–Trinajstić information content (AvgIpc) is 3.08. The first-order valence-electron chi connectivity index (χ1n) is 10.3. The van der Waals surface area contributed by atoms with Gasteiger partial charge in [0.25, 0.3) is 5.91 Å². The highest BCUT2D eigenvalue weighted by atomic mass is 127. The van der Waals surface area contributed by atoms with Crippen LogP contribution in [0.25, 0.3) is 6.08 Å². The number of halogens is 3. The van der Waals surface area contributed by atoms with E-state index in [1.54, 1.807) is 60.7 Å². The largest absolute Gasteiger partial charge is 0.490 e. The summed E-state index contributed by atoms with van der Waals surface area (Å²) in [6.45, 7) is 2.25. The summed E-state index contributed by atoms with van der Waals surface area (Å²) in [5.74, 6) is 0.0825. The topological polar surface area (TPSA) is 67.9 Å². The molecule has 3 aromatic carbocycles. The van der Waals surface area contributed by atoms with Gasteiger partial charge < -0.3 is 14.8 Å². The van der Waals surface area contributed by atoms with Crippen molar-refractivity contribution in [3.63, 3.8) is 0 Å². The lowest BCUT2D eigenvalue weighted by Crippen LogP contribution is -2.30. The van der Waals surface area contributed by atoms with Crippen LogP contribution in [-0.4, -0.2) is 18.5 Å². The van der Waals surface area contributed by atoms with E-state index in [0.717, 1.165) is 4.90 Å². The monoisotopic (exact) mass is 592 g/mol. The van der Waals surface area contributed by atoms with Gasteiger partial charge in [-0.25, -0.2) is 14.1 Å². The smallest absolute Gasteiger partial charge is 0.333 e. The van der Waals surface area contributed by atoms with Crippen molar-refractivity contribution in [1.29, 1.82) is 0 Å². The molecule has 1 heterocycles. The van der Waals surface area contributed by atoms with E-state index in [1.165, 1.54) is 6.07 Å². The molecule has 34 heavy (non-hydrogen) atoms. The molecule has 174 valence electrons. The molecule has 0 bridgehead atoms. The summed E-state index contributed by atoms with van der Waals surface area (Å²) in [5, 5.41) is 3.10. The Morgan fingerprint density at radius 1 is 1.09 bits per heavy atom. The lowest BCUT2D eigenvalue weighted by molar-refractivity contribution is -0.113. The molecule has 3 amide bonds. The molecule has 6 nitrogen and oxygen atoms in total. The number of carbonyl (C=O) groups is 2. The molecule has 0 aliphatic carbocycles. The van der Waals surface area contributed by atoms with Crippen molar-refractivity contribution in [1.82, 2.24) is 5.32 Å². The van der Waals surface area contributed by atoms with Crippen LogP contribution in [-0.2, 0) is 11.4 Å². The molecule has 0 saturated carbocycles. The van der Waals surface area contributed by atoms with E-state index in [-0.39, 0.29) is 18.1 Å². The van der Waals surface area contributed by atoms with Crippen molar-refractivity contribution >= 4 is 57.9 Å². The van der Waals surface area contributed by atoms with Gasteiger partial charge in [-0.15, -0.1) is 0 Å². The minimum Gasteiger partial charge on any atom is -0.490 e. The predicted molar refractivity (Wildman–Crippen MR) is 137 cm³/mol. The van der Waals surface area contributed by atoms with E-state index >= 15 is 0 Å². The zero-order chi connectivity index (χ0) is 24.2. The highest BCUT2D eigenvalue weighted by Crippen LogP contribution is 2.36. The van der Waals surface area contributed by atoms with Crippen LogP contribution < -0.4 is 19.7 Å². The fraction of sp³-hybridized carbons (Fsp3) is 0.120. The number of anilines is 1. The van der Waals surface area contributed by atoms with E-state index in [4.69, 9.17) is 21.1 Å². The van der Waals surface area contributed by atoms with Gasteiger partial charge >= 0.3 is 6.03 Å². The van der Waals surface area contributed by atoms with Crippen LogP contribution in [0, 0.1) is 9.39 Å². The predicted octanol–water partition coefficient (Wildman–Crippen LogP) is 6.16. The average molecular weight is 593 g/mol. The summed E-state index contributed by atoms with van der Waals surface area (Å²) in [7, 11) is 0. The quantitative estimate of drug-likeness (QED) is 0.203. The van der Waals surface area contributed by atoms with Crippen molar-refractivity contribution in [2.75, 3.05) is 11.5 Å². The second-order valence-corrected chi connectivity index (χ2v) is 8.85. The van der Waals surface area contributed by atoms with E-state index in [9.17, 15) is 14.0 Å². The van der Waals surface area contributed by atoms with Crippen molar-refractivity contribution < 1.29 is 23.5 Å². The number of urea groups is 1. The summed E-state index contributed by atoms with van der Waals surface area (Å²) in [6.07, 6.45) is 1.57. The third kappa shape index (κ3) is 5.18. The van der Waals surface area contributed by atoms with E-state index in [2.05, 4.69) is 27.9 Å². The summed E-state index contributed by atoms with van der Waals surface area (Å²) in [6, 6.07) is 15.7. The van der Waals surface area contributed by atoms with Crippen LogP contribution in [0.3, 0.4) is 0 Å². The Hall–Kier alpha value is -3.11. The van der Waals surface area contributed by atoms with Crippen LogP contribution in [0.2, 0.25) is 5.02 Å². The molecular weight excluding hydrogens is 574 g/mol. The molecule has 1 fully saturated rings. The first kappa shape index (κ1) is 24.0. The Morgan fingerprint density at radius 3 is 2.53 bits per heavy atom. The molecule has 3 aromatic rings. The minimum atomic E-state index is -0.553. The van der Waals surface area contributed by atoms with Crippen LogP contribution in [0.5, 0.6) is 11.5 Å². The molecule has 1 aliphatic rings. The lowest BCUT2D eigenvalue weighted by Gasteiger charge is -2.15. The van der Waals surface area contributed by atoms with Gasteiger partial charge in [0.15, 0.2) is 11.5 Å². The van der Waals surface area contributed by atoms with Crippen LogP contribution in [0.15, 0.2) is 66.4 Å². The van der Waals surface area contributed by atoms with Crippen molar-refractivity contribution in [2.45, 2.75) is 13.5 Å². The third-order valence-corrected chi connectivity index (χ3v) is 5.99. The molecule has 1 saturated heterocycles. The Bertz CT molecular complexity index is 1280. The molecule has 9 heteroatoms. The molecule has 0 unspecified atom stereocenters. The van der Waals surface area contributed by atoms with Gasteiger partial charge in [0.1, 0.15) is 18.1 Å². The Labute approximate surface area is 214 Å². The maximum Gasteiger partial charge on any atom is 0.333 e. The number of hydrogen-bond acceptors (Lipinski definition) is 4. The first-order valence-corrected chi connectivity index (χ1v) is 11.8. The number of hydrogen-bond donors (Lipinski definition) is 1. The molecule has 1 N–H and O–H groups in total. The van der Waals surface area contributed by atoms with Crippen LogP contribution in [0.4, 0.5) is 14.9 Å². The number of rotatable bonds is 7. The number of ether oxygens (including phenoxy) is 2. The van der Waals surface area contributed by atoms with Gasteiger partial charge in [-0.05, 0) is 83.6 Å². The molecule has 0 aromatic heterocycles. The molecule has 0 radical (unpaired) electrons. The van der Waals surface area contributed by atoms with E-state index in [0.29, 0.717) is 43.5 Å². The zero-order valence-corrected chi connectivity index (χ0v) is 20.9. The highest BCUT2D eigenvalue weighted by molar-refractivity contribution is 14.1. The van der Waals surface area contributed by atoms with Gasteiger partial charge in [0.05, 0.1) is 15.9 Å². The maximum absolute atomic E-state index is 14.0. The van der Waals surface area contributed by atoms with Gasteiger partial charge in [-0.2, -0.15) is 0 Å². The molecule has 1 aliphatic heterocycles. The number of nitrogens with zero attached hydrogens (tertiary/aromatic N) is 1. The Kier molecular flexibility index (Phi) is 7.38. The number of benzene rings is 3. The number of amides is 3. The van der Waals surface area contributed by atoms with Gasteiger partial charge in [0, 0.05) is 10.6 Å². The summed E-state index contributed by atoms with van der Waals surface area (Å²) in [4.78, 5) is 26.4. The van der Waals surface area contributed by atoms with Crippen LogP contribution >= 0.6 is 34.2 Å². The van der Waals surface area contributed by atoms with E-state index in [1.807, 2.05) is 6.92 Å². The zero-order valence-electron chi connectivity index (χ0n) is 18.0. The molecule has 0 spiro atoms. The maximum atomic E-state index is 14.0. The third-order valence-electron chi connectivity index (χ3n) is 4.94. The second kappa shape index (κ2) is 10.4. The number of carbonyl (C=O) groups excluding carboxylic acids is 2. The minimum absolute atomic E-state index is 0.0355.